The Bertz CT molecular complexity index is 339. The first-order valence-corrected chi connectivity index (χ1v) is 5.30. The van der Waals surface area contributed by atoms with Gasteiger partial charge in [-0.05, 0) is 23.7 Å². The molecule has 0 aromatic carbocycles. The highest BCUT2D eigenvalue weighted by Crippen LogP contribution is 2.71. The number of ketones is 1. The zero-order chi connectivity index (χ0) is 10.6. The lowest BCUT2D eigenvalue weighted by atomic mass is 9.64. The van der Waals surface area contributed by atoms with Gasteiger partial charge in [0.1, 0.15) is 5.78 Å². The summed E-state index contributed by atoms with van der Waals surface area (Å²) in [5.41, 5.74) is -0.176. The van der Waals surface area contributed by atoms with Gasteiger partial charge in [-0.3, -0.25) is 4.79 Å². The van der Waals surface area contributed by atoms with Gasteiger partial charge in [-0.25, -0.2) is 0 Å². The van der Waals surface area contributed by atoms with E-state index < -0.39 is 0 Å². The standard InChI is InChI=1S/C12H17NO/c1-10(2)11(3)4-5-12(10,6-7-13)8-9(11)14/h4-6,8H2,1-3H3/t11-,12+/m1/s1. The number of nitriles is 1. The summed E-state index contributed by atoms with van der Waals surface area (Å²) in [5.74, 6) is 0.379. The SMILES string of the molecule is CC1(C)[C@]2(CC#N)CC[C@]1(C)C(=O)C2. The molecule has 14 heavy (non-hydrogen) atoms. The fourth-order valence-corrected chi connectivity index (χ4v) is 3.52. The Morgan fingerprint density at radius 3 is 2.36 bits per heavy atom. The highest BCUT2D eigenvalue weighted by molar-refractivity contribution is 5.90. The molecule has 2 rings (SSSR count). The summed E-state index contributed by atoms with van der Waals surface area (Å²) in [7, 11) is 0. The molecule has 2 aliphatic carbocycles. The van der Waals surface area contributed by atoms with Crippen molar-refractivity contribution in [1.29, 1.82) is 5.26 Å². The zero-order valence-corrected chi connectivity index (χ0v) is 9.18. The number of hydrogen-bond donors (Lipinski definition) is 0. The van der Waals surface area contributed by atoms with Crippen LogP contribution in [0.5, 0.6) is 0 Å². The second-order valence-corrected chi connectivity index (χ2v) is 5.67. The molecule has 2 bridgehead atoms. The lowest BCUT2D eigenvalue weighted by Gasteiger charge is -2.38. The highest BCUT2D eigenvalue weighted by atomic mass is 16.1. The van der Waals surface area contributed by atoms with E-state index in [-0.39, 0.29) is 16.2 Å². The van der Waals surface area contributed by atoms with Gasteiger partial charge in [0.25, 0.3) is 0 Å². The predicted octanol–water partition coefficient (Wildman–Crippen LogP) is 2.69. The number of hydrogen-bond acceptors (Lipinski definition) is 2. The van der Waals surface area contributed by atoms with Crippen LogP contribution in [0.25, 0.3) is 0 Å². The van der Waals surface area contributed by atoms with Gasteiger partial charge in [0.2, 0.25) is 0 Å². The van der Waals surface area contributed by atoms with E-state index in [1.165, 1.54) is 0 Å². The van der Waals surface area contributed by atoms with E-state index in [0.717, 1.165) is 12.8 Å². The maximum Gasteiger partial charge on any atom is 0.139 e. The van der Waals surface area contributed by atoms with E-state index in [0.29, 0.717) is 18.6 Å². The van der Waals surface area contributed by atoms with Crippen molar-refractivity contribution < 1.29 is 4.79 Å². The first-order valence-electron chi connectivity index (χ1n) is 5.30. The molecule has 2 atom stereocenters. The molecular formula is C12H17NO. The van der Waals surface area contributed by atoms with Crippen molar-refractivity contribution >= 4 is 5.78 Å². The topological polar surface area (TPSA) is 40.9 Å². The Labute approximate surface area is 85.3 Å². The van der Waals surface area contributed by atoms with E-state index in [1.54, 1.807) is 0 Å². The highest BCUT2D eigenvalue weighted by Gasteiger charge is 2.69. The number of carbonyl (C=O) groups is 1. The Hall–Kier alpha value is -0.840. The number of Topliss-reactive ketones (excluding diaryl/α,β-unsaturated/α-hetero) is 1. The third-order valence-electron chi connectivity index (χ3n) is 5.34. The molecule has 0 unspecified atom stereocenters. The van der Waals surface area contributed by atoms with Crippen molar-refractivity contribution in [3.05, 3.63) is 0 Å². The number of nitrogens with zero attached hydrogens (tertiary/aromatic N) is 1. The third-order valence-corrected chi connectivity index (χ3v) is 5.34. The van der Waals surface area contributed by atoms with Crippen LogP contribution in [0.2, 0.25) is 0 Å². The van der Waals surface area contributed by atoms with E-state index in [1.807, 2.05) is 0 Å². The number of rotatable bonds is 1. The molecule has 0 amide bonds. The van der Waals surface area contributed by atoms with Crippen LogP contribution >= 0.6 is 0 Å². The van der Waals surface area contributed by atoms with Crippen molar-refractivity contribution in [3.8, 4) is 6.07 Å². The molecule has 0 N–H and O–H groups in total. The minimum atomic E-state index is -0.163. The van der Waals surface area contributed by atoms with Crippen molar-refractivity contribution in [2.45, 2.75) is 46.5 Å². The van der Waals surface area contributed by atoms with Gasteiger partial charge in [-0.2, -0.15) is 5.26 Å². The summed E-state index contributed by atoms with van der Waals surface area (Å²) in [5, 5.41) is 8.88. The van der Waals surface area contributed by atoms with E-state index in [9.17, 15) is 4.79 Å². The Balaban J connectivity index is 2.50. The molecule has 0 aromatic rings. The summed E-state index contributed by atoms with van der Waals surface area (Å²) in [6, 6.07) is 2.27. The van der Waals surface area contributed by atoms with Gasteiger partial charge in [0, 0.05) is 18.3 Å². The second kappa shape index (κ2) is 2.39. The van der Waals surface area contributed by atoms with Gasteiger partial charge < -0.3 is 0 Å². The molecule has 2 fully saturated rings. The molecule has 0 heterocycles. The summed E-state index contributed by atoms with van der Waals surface area (Å²) in [6.07, 6.45) is 3.20. The molecule has 0 spiro atoms. The molecule has 0 aliphatic heterocycles. The molecule has 76 valence electrons. The van der Waals surface area contributed by atoms with E-state index in [4.69, 9.17) is 5.26 Å². The van der Waals surface area contributed by atoms with E-state index in [2.05, 4.69) is 26.8 Å². The quantitative estimate of drug-likeness (QED) is 0.639. The second-order valence-electron chi connectivity index (χ2n) is 5.67. The largest absolute Gasteiger partial charge is 0.299 e. The molecule has 0 aromatic heterocycles. The molecule has 2 saturated carbocycles. The minimum Gasteiger partial charge on any atom is -0.299 e. The number of fused-ring (bicyclic) bond motifs is 2. The van der Waals surface area contributed by atoms with Gasteiger partial charge in [0.05, 0.1) is 6.07 Å². The van der Waals surface area contributed by atoms with Crippen LogP contribution in [0.4, 0.5) is 0 Å². The fourth-order valence-electron chi connectivity index (χ4n) is 3.52. The van der Waals surface area contributed by atoms with Crippen LogP contribution in [-0.2, 0) is 4.79 Å². The van der Waals surface area contributed by atoms with Crippen LogP contribution in [0, 0.1) is 27.6 Å². The lowest BCUT2D eigenvalue weighted by molar-refractivity contribution is -0.128. The average molecular weight is 191 g/mol. The Morgan fingerprint density at radius 2 is 2.00 bits per heavy atom. The van der Waals surface area contributed by atoms with Crippen molar-refractivity contribution in [3.63, 3.8) is 0 Å². The number of carbonyl (C=O) groups excluding carboxylic acids is 1. The Kier molecular flexibility index (Phi) is 1.66. The maximum atomic E-state index is 11.9. The summed E-state index contributed by atoms with van der Waals surface area (Å²) < 4.78 is 0. The van der Waals surface area contributed by atoms with Crippen LogP contribution in [0.3, 0.4) is 0 Å². The molecule has 2 heteroatoms. The smallest absolute Gasteiger partial charge is 0.139 e. The lowest BCUT2D eigenvalue weighted by Crippen LogP contribution is -2.35. The van der Waals surface area contributed by atoms with Crippen LogP contribution in [0.15, 0.2) is 0 Å². The first-order chi connectivity index (χ1) is 6.40. The van der Waals surface area contributed by atoms with Crippen molar-refractivity contribution in [2.24, 2.45) is 16.2 Å². The van der Waals surface area contributed by atoms with E-state index >= 15 is 0 Å². The fraction of sp³-hybridized carbons (Fsp3) is 0.833. The summed E-state index contributed by atoms with van der Waals surface area (Å²) in [6.45, 7) is 6.42. The van der Waals surface area contributed by atoms with Crippen LogP contribution in [-0.4, -0.2) is 5.78 Å². The van der Waals surface area contributed by atoms with Gasteiger partial charge >= 0.3 is 0 Å². The van der Waals surface area contributed by atoms with Crippen LogP contribution in [0.1, 0.15) is 46.5 Å². The molecular weight excluding hydrogens is 174 g/mol. The molecule has 0 radical (unpaired) electrons. The summed E-state index contributed by atoms with van der Waals surface area (Å²) in [4.78, 5) is 11.9. The predicted molar refractivity (Wildman–Crippen MR) is 53.4 cm³/mol. The van der Waals surface area contributed by atoms with Crippen molar-refractivity contribution in [2.75, 3.05) is 0 Å². The van der Waals surface area contributed by atoms with Gasteiger partial charge in [-0.15, -0.1) is 0 Å². The summed E-state index contributed by atoms with van der Waals surface area (Å²) >= 11 is 0. The Morgan fingerprint density at radius 1 is 1.36 bits per heavy atom. The minimum absolute atomic E-state index is 0.00676. The van der Waals surface area contributed by atoms with Crippen LogP contribution < -0.4 is 0 Å². The van der Waals surface area contributed by atoms with Gasteiger partial charge in [0.15, 0.2) is 0 Å². The van der Waals surface area contributed by atoms with Crippen molar-refractivity contribution in [1.82, 2.24) is 0 Å². The molecule has 0 saturated heterocycles. The third kappa shape index (κ3) is 0.751. The maximum absolute atomic E-state index is 11.9. The van der Waals surface area contributed by atoms with Gasteiger partial charge in [-0.1, -0.05) is 20.8 Å². The zero-order valence-electron chi connectivity index (χ0n) is 9.18. The first kappa shape index (κ1) is 9.71. The molecule has 2 aliphatic rings. The monoisotopic (exact) mass is 191 g/mol. The average Bonchev–Trinajstić information content (AvgIpc) is 2.35. The molecule has 2 nitrogen and oxygen atoms in total. The normalized spacial score (nSPS) is 44.0.